The minimum Gasteiger partial charge on any atom is -0.333 e. The molecule has 1 aliphatic heterocycles. The average molecular weight is 343 g/mol. The lowest BCUT2D eigenvalue weighted by molar-refractivity contribution is -0.136. The number of rotatable bonds is 4. The molecule has 1 N–H and O–H groups in total. The molecule has 24 heavy (non-hydrogen) atoms. The fourth-order valence-electron chi connectivity index (χ4n) is 2.73. The number of carbonyl (C=O) groups is 2. The van der Waals surface area contributed by atoms with Gasteiger partial charge in [-0.25, -0.2) is 4.98 Å². The molecule has 5 nitrogen and oxygen atoms in total. The maximum Gasteiger partial charge on any atom is 0.245 e. The van der Waals surface area contributed by atoms with Crippen molar-refractivity contribution in [1.82, 2.24) is 9.88 Å². The van der Waals surface area contributed by atoms with Crippen molar-refractivity contribution in [1.29, 1.82) is 0 Å². The Morgan fingerprint density at radius 3 is 2.88 bits per heavy atom. The zero-order valence-electron chi connectivity index (χ0n) is 14.0. The molecule has 1 aliphatic rings. The van der Waals surface area contributed by atoms with Gasteiger partial charge in [0.05, 0.1) is 12.2 Å². The number of aryl methyl sites for hydroxylation is 2. The van der Waals surface area contributed by atoms with Crippen molar-refractivity contribution >= 4 is 28.3 Å². The number of amides is 2. The van der Waals surface area contributed by atoms with E-state index in [2.05, 4.69) is 36.3 Å². The van der Waals surface area contributed by atoms with Gasteiger partial charge in [0, 0.05) is 23.9 Å². The molecule has 2 aromatic rings. The van der Waals surface area contributed by atoms with Crippen molar-refractivity contribution in [3.8, 4) is 11.3 Å². The number of anilines is 1. The van der Waals surface area contributed by atoms with E-state index in [9.17, 15) is 9.59 Å². The quantitative estimate of drug-likeness (QED) is 0.926. The molecule has 6 heteroatoms. The molecular formula is C18H21N3O2S. The van der Waals surface area contributed by atoms with Gasteiger partial charge >= 0.3 is 0 Å². The van der Waals surface area contributed by atoms with E-state index in [4.69, 9.17) is 0 Å². The Kier molecular flexibility index (Phi) is 4.94. The Labute approximate surface area is 145 Å². The summed E-state index contributed by atoms with van der Waals surface area (Å²) in [4.78, 5) is 30.0. The minimum atomic E-state index is -0.189. The van der Waals surface area contributed by atoms with Gasteiger partial charge in [-0.1, -0.05) is 12.1 Å². The van der Waals surface area contributed by atoms with Crippen LogP contribution in [0.4, 0.5) is 5.13 Å². The van der Waals surface area contributed by atoms with Crippen molar-refractivity contribution in [2.24, 2.45) is 0 Å². The lowest BCUT2D eigenvalue weighted by atomic mass is 10.1. The van der Waals surface area contributed by atoms with Crippen molar-refractivity contribution in [3.05, 3.63) is 34.7 Å². The molecule has 0 unspecified atom stereocenters. The van der Waals surface area contributed by atoms with Crippen LogP contribution in [0.5, 0.6) is 0 Å². The predicted molar refractivity (Wildman–Crippen MR) is 96.1 cm³/mol. The topological polar surface area (TPSA) is 62.3 Å². The molecule has 3 rings (SSSR count). The number of likely N-dealkylation sites (tertiary alicyclic amines) is 1. The highest BCUT2D eigenvalue weighted by Crippen LogP contribution is 2.26. The van der Waals surface area contributed by atoms with Gasteiger partial charge in [-0.2, -0.15) is 0 Å². The van der Waals surface area contributed by atoms with E-state index in [1.165, 1.54) is 22.5 Å². The maximum atomic E-state index is 12.1. The van der Waals surface area contributed by atoms with Crippen molar-refractivity contribution in [3.63, 3.8) is 0 Å². The number of nitrogens with zero attached hydrogens (tertiary/aromatic N) is 2. The SMILES string of the molecule is Cc1ccc(-c2csc(NC(=O)CN3CCCCC3=O)n2)cc1C. The number of hydrogen-bond acceptors (Lipinski definition) is 4. The van der Waals surface area contributed by atoms with Gasteiger partial charge in [0.2, 0.25) is 11.8 Å². The molecule has 2 heterocycles. The first-order chi connectivity index (χ1) is 11.5. The van der Waals surface area contributed by atoms with Crippen LogP contribution in [0, 0.1) is 13.8 Å². The summed E-state index contributed by atoms with van der Waals surface area (Å²) in [7, 11) is 0. The van der Waals surface area contributed by atoms with Gasteiger partial charge in [0.25, 0.3) is 0 Å². The second-order valence-corrected chi connectivity index (χ2v) is 7.02. The predicted octanol–water partition coefficient (Wildman–Crippen LogP) is 3.38. The van der Waals surface area contributed by atoms with E-state index in [0.717, 1.165) is 24.1 Å². The van der Waals surface area contributed by atoms with Crippen molar-refractivity contribution in [2.45, 2.75) is 33.1 Å². The van der Waals surface area contributed by atoms with Crippen LogP contribution < -0.4 is 5.32 Å². The van der Waals surface area contributed by atoms with Gasteiger partial charge in [0.15, 0.2) is 5.13 Å². The highest BCUT2D eigenvalue weighted by Gasteiger charge is 2.20. The Morgan fingerprint density at radius 2 is 2.12 bits per heavy atom. The standard InChI is InChI=1S/C18H21N3O2S/c1-12-6-7-14(9-13(12)2)15-11-24-18(19-15)20-16(22)10-21-8-4-3-5-17(21)23/h6-7,9,11H,3-5,8,10H2,1-2H3,(H,19,20,22). The lowest BCUT2D eigenvalue weighted by Crippen LogP contribution is -2.40. The molecule has 0 atom stereocenters. The highest BCUT2D eigenvalue weighted by atomic mass is 32.1. The fourth-order valence-corrected chi connectivity index (χ4v) is 3.46. The lowest BCUT2D eigenvalue weighted by Gasteiger charge is -2.25. The third-order valence-electron chi connectivity index (χ3n) is 4.31. The number of benzene rings is 1. The van der Waals surface area contributed by atoms with Crippen LogP contribution in [-0.4, -0.2) is 34.8 Å². The molecular weight excluding hydrogens is 322 g/mol. The molecule has 0 bridgehead atoms. The Morgan fingerprint density at radius 1 is 1.29 bits per heavy atom. The molecule has 1 saturated heterocycles. The molecule has 0 spiro atoms. The number of piperidine rings is 1. The molecule has 126 valence electrons. The summed E-state index contributed by atoms with van der Waals surface area (Å²) in [6.45, 7) is 4.92. The molecule has 0 saturated carbocycles. The van der Waals surface area contributed by atoms with E-state index in [-0.39, 0.29) is 18.4 Å². The molecule has 0 radical (unpaired) electrons. The number of hydrogen-bond donors (Lipinski definition) is 1. The summed E-state index contributed by atoms with van der Waals surface area (Å²) in [6, 6.07) is 6.21. The number of carbonyl (C=O) groups excluding carboxylic acids is 2. The highest BCUT2D eigenvalue weighted by molar-refractivity contribution is 7.14. The van der Waals surface area contributed by atoms with Gasteiger partial charge < -0.3 is 10.2 Å². The van der Waals surface area contributed by atoms with Gasteiger partial charge in [-0.05, 0) is 43.9 Å². The molecule has 0 aliphatic carbocycles. The van der Waals surface area contributed by atoms with Crippen LogP contribution in [0.2, 0.25) is 0 Å². The summed E-state index contributed by atoms with van der Waals surface area (Å²) in [5.74, 6) is -0.127. The summed E-state index contributed by atoms with van der Waals surface area (Å²) >= 11 is 1.40. The number of aromatic nitrogens is 1. The second kappa shape index (κ2) is 7.13. The monoisotopic (exact) mass is 343 g/mol. The summed E-state index contributed by atoms with van der Waals surface area (Å²) < 4.78 is 0. The third kappa shape index (κ3) is 3.82. The Balaban J connectivity index is 1.64. The van der Waals surface area contributed by atoms with Crippen LogP contribution in [-0.2, 0) is 9.59 Å². The van der Waals surface area contributed by atoms with Gasteiger partial charge in [-0.15, -0.1) is 11.3 Å². The second-order valence-electron chi connectivity index (χ2n) is 6.16. The Bertz CT molecular complexity index is 769. The number of nitrogens with one attached hydrogen (secondary N) is 1. The van der Waals surface area contributed by atoms with Crippen molar-refractivity contribution < 1.29 is 9.59 Å². The van der Waals surface area contributed by atoms with E-state index in [1.807, 2.05) is 11.4 Å². The molecule has 2 amide bonds. The van der Waals surface area contributed by atoms with Gasteiger partial charge in [-0.3, -0.25) is 9.59 Å². The van der Waals surface area contributed by atoms with Crippen LogP contribution in [0.25, 0.3) is 11.3 Å². The minimum absolute atomic E-state index is 0.0614. The zero-order chi connectivity index (χ0) is 17.1. The first-order valence-corrected chi connectivity index (χ1v) is 9.01. The van der Waals surface area contributed by atoms with Crippen LogP contribution in [0.1, 0.15) is 30.4 Å². The first kappa shape index (κ1) is 16.6. The van der Waals surface area contributed by atoms with Crippen molar-refractivity contribution in [2.75, 3.05) is 18.4 Å². The smallest absolute Gasteiger partial charge is 0.245 e. The van der Waals surface area contributed by atoms with Gasteiger partial charge in [0.1, 0.15) is 0 Å². The van der Waals surface area contributed by atoms with Crippen LogP contribution in [0.3, 0.4) is 0 Å². The Hall–Kier alpha value is -2.21. The maximum absolute atomic E-state index is 12.1. The average Bonchev–Trinajstić information content (AvgIpc) is 3.00. The van der Waals surface area contributed by atoms with Crippen LogP contribution in [0.15, 0.2) is 23.6 Å². The fraction of sp³-hybridized carbons (Fsp3) is 0.389. The zero-order valence-corrected chi connectivity index (χ0v) is 14.8. The molecule has 1 aromatic carbocycles. The summed E-state index contributed by atoms with van der Waals surface area (Å²) in [5, 5.41) is 5.30. The summed E-state index contributed by atoms with van der Waals surface area (Å²) in [6.07, 6.45) is 2.43. The summed E-state index contributed by atoms with van der Waals surface area (Å²) in [5.41, 5.74) is 4.36. The van der Waals surface area contributed by atoms with E-state index < -0.39 is 0 Å². The third-order valence-corrected chi connectivity index (χ3v) is 5.07. The molecule has 1 fully saturated rings. The largest absolute Gasteiger partial charge is 0.333 e. The van der Waals surface area contributed by atoms with E-state index in [0.29, 0.717) is 18.1 Å². The molecule has 1 aromatic heterocycles. The normalized spacial score (nSPS) is 14.8. The van der Waals surface area contributed by atoms with E-state index >= 15 is 0 Å². The van der Waals surface area contributed by atoms with E-state index in [1.54, 1.807) is 4.90 Å². The number of thiazole rings is 1. The van der Waals surface area contributed by atoms with Crippen LogP contribution >= 0.6 is 11.3 Å². The first-order valence-electron chi connectivity index (χ1n) is 8.14.